The van der Waals surface area contributed by atoms with Crippen molar-refractivity contribution in [2.45, 2.75) is 31.0 Å². The number of sulfonamides is 1. The van der Waals surface area contributed by atoms with E-state index < -0.39 is 21.8 Å². The van der Waals surface area contributed by atoms with Crippen LogP contribution in [-0.2, 0) is 10.0 Å². The van der Waals surface area contributed by atoms with E-state index in [-0.39, 0.29) is 4.90 Å². The van der Waals surface area contributed by atoms with E-state index in [0.29, 0.717) is 28.6 Å². The molecule has 9 heteroatoms. The van der Waals surface area contributed by atoms with Crippen LogP contribution in [-0.4, -0.2) is 20.2 Å². The molecule has 2 aromatic carbocycles. The summed E-state index contributed by atoms with van der Waals surface area (Å²) in [5.74, 6) is -0.0568. The summed E-state index contributed by atoms with van der Waals surface area (Å²) in [7, 11) is -4.08. The van der Waals surface area contributed by atoms with Gasteiger partial charge in [-0.15, -0.1) is 0 Å². The van der Waals surface area contributed by atoms with E-state index in [1.807, 2.05) is 11.6 Å². The van der Waals surface area contributed by atoms with Gasteiger partial charge >= 0.3 is 6.03 Å². The summed E-state index contributed by atoms with van der Waals surface area (Å²) >= 11 is 5.77. The van der Waals surface area contributed by atoms with Crippen LogP contribution in [0.25, 0.3) is 0 Å². The molecule has 0 bridgehead atoms. The molecule has 0 aromatic heterocycles. The highest BCUT2D eigenvalue weighted by Crippen LogP contribution is 2.41. The maximum absolute atomic E-state index is 12.4. The van der Waals surface area contributed by atoms with Crippen molar-refractivity contribution in [2.24, 2.45) is 0 Å². The van der Waals surface area contributed by atoms with Crippen LogP contribution in [0, 0.1) is 0 Å². The van der Waals surface area contributed by atoms with Crippen LogP contribution in [0.5, 0.6) is 11.5 Å². The number of carbonyl (C=O) groups is 1. The Bertz CT molecular complexity index is 946. The van der Waals surface area contributed by atoms with Crippen molar-refractivity contribution >= 4 is 33.3 Å². The summed E-state index contributed by atoms with van der Waals surface area (Å²) in [5, 5.41) is 2.93. The SMILES string of the molecule is CCC1(C)Oc2ccc(S(=O)(=O)NC(=O)Nc3ccc(Cl)cc3)cc2O1. The van der Waals surface area contributed by atoms with Gasteiger partial charge in [-0.25, -0.2) is 17.9 Å². The third-order valence-corrected chi connectivity index (χ3v) is 5.43. The molecular formula is C17H17ClN2O5S. The second-order valence-corrected chi connectivity index (χ2v) is 7.99. The average molecular weight is 397 g/mol. The predicted octanol–water partition coefficient (Wildman–Crippen LogP) is 3.75. The Kier molecular flexibility index (Phi) is 4.72. The third kappa shape index (κ3) is 3.86. The van der Waals surface area contributed by atoms with Crippen LogP contribution in [0.15, 0.2) is 47.4 Å². The molecule has 3 rings (SSSR count). The van der Waals surface area contributed by atoms with Crippen LogP contribution in [0.4, 0.5) is 10.5 Å². The first kappa shape index (κ1) is 18.3. The van der Waals surface area contributed by atoms with E-state index in [1.54, 1.807) is 31.2 Å². The molecule has 0 aliphatic carbocycles. The Morgan fingerprint density at radius 2 is 1.77 bits per heavy atom. The van der Waals surface area contributed by atoms with E-state index in [1.165, 1.54) is 18.2 Å². The lowest BCUT2D eigenvalue weighted by Gasteiger charge is -2.20. The van der Waals surface area contributed by atoms with Crippen molar-refractivity contribution in [1.82, 2.24) is 4.72 Å². The van der Waals surface area contributed by atoms with Gasteiger partial charge in [-0.05, 0) is 36.4 Å². The first-order valence-corrected chi connectivity index (χ1v) is 9.68. The van der Waals surface area contributed by atoms with Gasteiger partial charge in [-0.2, -0.15) is 0 Å². The normalized spacial score (nSPS) is 18.4. The standard InChI is InChI=1S/C17H17ClN2O5S/c1-3-17(2)24-14-9-8-13(10-15(14)25-17)26(22,23)20-16(21)19-12-6-4-11(18)5-7-12/h4-10H,3H2,1-2H3,(H2,19,20,21). The quantitative estimate of drug-likeness (QED) is 0.820. The van der Waals surface area contributed by atoms with Crippen molar-refractivity contribution in [2.75, 3.05) is 5.32 Å². The number of hydrogen-bond acceptors (Lipinski definition) is 5. The van der Waals surface area contributed by atoms with Crippen LogP contribution < -0.4 is 19.5 Å². The fourth-order valence-electron chi connectivity index (χ4n) is 2.32. The zero-order chi connectivity index (χ0) is 18.9. The molecule has 1 aliphatic rings. The summed E-state index contributed by atoms with van der Waals surface area (Å²) in [6, 6.07) is 9.56. The van der Waals surface area contributed by atoms with E-state index in [4.69, 9.17) is 21.1 Å². The summed E-state index contributed by atoms with van der Waals surface area (Å²) in [6.45, 7) is 3.66. The molecule has 2 amide bonds. The van der Waals surface area contributed by atoms with E-state index >= 15 is 0 Å². The topological polar surface area (TPSA) is 93.7 Å². The second-order valence-electron chi connectivity index (χ2n) is 5.87. The Labute approximate surface area is 156 Å². The van der Waals surface area contributed by atoms with Gasteiger partial charge in [-0.1, -0.05) is 18.5 Å². The summed E-state index contributed by atoms with van der Waals surface area (Å²) in [6.07, 6.45) is 0.589. The van der Waals surface area contributed by atoms with Crippen LogP contribution >= 0.6 is 11.6 Å². The van der Waals surface area contributed by atoms with Crippen LogP contribution in [0.2, 0.25) is 5.02 Å². The lowest BCUT2D eigenvalue weighted by atomic mass is 10.2. The van der Waals surface area contributed by atoms with Crippen LogP contribution in [0.3, 0.4) is 0 Å². The smallest absolute Gasteiger partial charge is 0.333 e. The molecule has 0 fully saturated rings. The van der Waals surface area contributed by atoms with Crippen molar-refractivity contribution in [3.05, 3.63) is 47.5 Å². The number of carbonyl (C=O) groups excluding carboxylic acids is 1. The average Bonchev–Trinajstić information content (AvgIpc) is 2.92. The zero-order valence-corrected chi connectivity index (χ0v) is 15.6. The Morgan fingerprint density at radius 1 is 1.12 bits per heavy atom. The number of nitrogens with one attached hydrogen (secondary N) is 2. The maximum atomic E-state index is 12.4. The molecule has 2 N–H and O–H groups in total. The minimum absolute atomic E-state index is 0.105. The zero-order valence-electron chi connectivity index (χ0n) is 14.1. The molecule has 2 aromatic rings. The third-order valence-electron chi connectivity index (χ3n) is 3.85. The van der Waals surface area contributed by atoms with Crippen molar-refractivity contribution < 1.29 is 22.7 Å². The minimum Gasteiger partial charge on any atom is -0.449 e. The number of rotatable bonds is 4. The molecule has 0 radical (unpaired) electrons. The van der Waals surface area contributed by atoms with Gasteiger partial charge in [0.15, 0.2) is 11.5 Å². The van der Waals surface area contributed by atoms with Crippen LogP contribution in [0.1, 0.15) is 20.3 Å². The number of fused-ring (bicyclic) bond motifs is 1. The summed E-state index contributed by atoms with van der Waals surface area (Å²) in [5.41, 5.74) is 0.409. The summed E-state index contributed by atoms with van der Waals surface area (Å²) < 4.78 is 38.1. The summed E-state index contributed by atoms with van der Waals surface area (Å²) in [4.78, 5) is 11.9. The number of benzene rings is 2. The molecule has 0 spiro atoms. The van der Waals surface area contributed by atoms with Gasteiger partial charge in [-0.3, -0.25) is 0 Å². The monoisotopic (exact) mass is 396 g/mol. The predicted molar refractivity (Wildman–Crippen MR) is 97.2 cm³/mol. The highest BCUT2D eigenvalue weighted by molar-refractivity contribution is 7.90. The molecule has 7 nitrogen and oxygen atoms in total. The molecule has 1 heterocycles. The molecule has 26 heavy (non-hydrogen) atoms. The lowest BCUT2D eigenvalue weighted by Crippen LogP contribution is -2.34. The number of hydrogen-bond donors (Lipinski definition) is 2. The van der Waals surface area contributed by atoms with Gasteiger partial charge in [0.1, 0.15) is 0 Å². The molecule has 138 valence electrons. The Balaban J connectivity index is 1.74. The Hall–Kier alpha value is -2.45. The number of urea groups is 1. The largest absolute Gasteiger partial charge is 0.449 e. The van der Waals surface area contributed by atoms with E-state index in [2.05, 4.69) is 5.32 Å². The fourth-order valence-corrected chi connectivity index (χ4v) is 3.37. The highest BCUT2D eigenvalue weighted by atomic mass is 35.5. The first-order chi connectivity index (χ1) is 12.2. The highest BCUT2D eigenvalue weighted by Gasteiger charge is 2.35. The Morgan fingerprint density at radius 3 is 2.42 bits per heavy atom. The second kappa shape index (κ2) is 6.69. The number of ether oxygens (including phenoxy) is 2. The van der Waals surface area contributed by atoms with E-state index in [0.717, 1.165) is 0 Å². The maximum Gasteiger partial charge on any atom is 0.333 e. The molecule has 0 saturated heterocycles. The molecule has 1 unspecified atom stereocenters. The molecular weight excluding hydrogens is 380 g/mol. The van der Waals surface area contributed by atoms with Gasteiger partial charge in [0, 0.05) is 30.1 Å². The number of halogens is 1. The minimum atomic E-state index is -4.08. The van der Waals surface area contributed by atoms with Crippen molar-refractivity contribution in [3.8, 4) is 11.5 Å². The van der Waals surface area contributed by atoms with Crippen molar-refractivity contribution in [1.29, 1.82) is 0 Å². The van der Waals surface area contributed by atoms with Crippen molar-refractivity contribution in [3.63, 3.8) is 0 Å². The van der Waals surface area contributed by atoms with Gasteiger partial charge in [0.2, 0.25) is 5.79 Å². The van der Waals surface area contributed by atoms with Gasteiger partial charge in [0.25, 0.3) is 10.0 Å². The van der Waals surface area contributed by atoms with E-state index in [9.17, 15) is 13.2 Å². The number of amides is 2. The van der Waals surface area contributed by atoms with Gasteiger partial charge in [0.05, 0.1) is 4.90 Å². The lowest BCUT2D eigenvalue weighted by molar-refractivity contribution is -0.0640. The molecule has 1 aliphatic heterocycles. The molecule has 1 atom stereocenters. The molecule has 0 saturated carbocycles. The fraction of sp³-hybridized carbons (Fsp3) is 0.235. The van der Waals surface area contributed by atoms with Gasteiger partial charge < -0.3 is 14.8 Å². The first-order valence-electron chi connectivity index (χ1n) is 7.82. The number of anilines is 1.